The maximum Gasteiger partial charge on any atom is 0.269 e. The fourth-order valence-electron chi connectivity index (χ4n) is 3.10. The van der Waals surface area contributed by atoms with Crippen molar-refractivity contribution in [3.63, 3.8) is 0 Å². The number of rotatable bonds is 8. The van der Waals surface area contributed by atoms with Crippen LogP contribution in [0.25, 0.3) is 0 Å². The van der Waals surface area contributed by atoms with Gasteiger partial charge in [-0.15, -0.1) is 0 Å². The minimum atomic E-state index is -0.512. The molecule has 1 aliphatic heterocycles. The number of nitrogens with one attached hydrogen (secondary N) is 2. The van der Waals surface area contributed by atoms with Crippen molar-refractivity contribution in [2.45, 2.75) is 25.7 Å². The SMILES string of the molecule is CNCCC1CCN(C(=O)CCNC(=O)c2ccc([N+](=O)[O-])cc2)CC1. The summed E-state index contributed by atoms with van der Waals surface area (Å²) in [5.41, 5.74) is 0.281. The number of likely N-dealkylation sites (tertiary alicyclic amines) is 1. The molecule has 1 aliphatic rings. The molecular weight excluding hydrogens is 336 g/mol. The molecule has 0 saturated carbocycles. The number of amides is 2. The van der Waals surface area contributed by atoms with Crippen LogP contribution >= 0.6 is 0 Å². The van der Waals surface area contributed by atoms with Gasteiger partial charge in [0.1, 0.15) is 0 Å². The number of carbonyl (C=O) groups is 2. The van der Waals surface area contributed by atoms with Gasteiger partial charge in [-0.3, -0.25) is 19.7 Å². The first-order valence-electron chi connectivity index (χ1n) is 8.96. The van der Waals surface area contributed by atoms with Crippen molar-refractivity contribution in [2.24, 2.45) is 5.92 Å². The standard InChI is InChI=1S/C18H26N4O4/c1-19-10-6-14-8-12-21(13-9-14)17(23)7-11-20-18(24)15-2-4-16(5-3-15)22(25)26/h2-5,14,19H,6-13H2,1H3,(H,20,24). The van der Waals surface area contributed by atoms with E-state index in [4.69, 9.17) is 0 Å². The van der Waals surface area contributed by atoms with Crippen LogP contribution in [0.4, 0.5) is 5.69 Å². The number of piperidine rings is 1. The molecule has 0 unspecified atom stereocenters. The number of benzene rings is 1. The summed E-state index contributed by atoms with van der Waals surface area (Å²) in [6, 6.07) is 5.40. The van der Waals surface area contributed by atoms with Gasteiger partial charge in [0.2, 0.25) is 5.91 Å². The fourth-order valence-corrected chi connectivity index (χ4v) is 3.10. The van der Waals surface area contributed by atoms with Crippen LogP contribution in [0.1, 0.15) is 36.0 Å². The molecule has 0 bridgehead atoms. The average molecular weight is 362 g/mol. The lowest BCUT2D eigenvalue weighted by molar-refractivity contribution is -0.384. The molecule has 1 aromatic rings. The largest absolute Gasteiger partial charge is 0.352 e. The number of carbonyl (C=O) groups excluding carboxylic acids is 2. The fraction of sp³-hybridized carbons (Fsp3) is 0.556. The van der Waals surface area contributed by atoms with Gasteiger partial charge in [-0.2, -0.15) is 0 Å². The van der Waals surface area contributed by atoms with Gasteiger partial charge in [-0.1, -0.05) is 0 Å². The van der Waals surface area contributed by atoms with Crippen molar-refractivity contribution in [1.29, 1.82) is 0 Å². The number of nitro groups is 1. The summed E-state index contributed by atoms with van der Waals surface area (Å²) in [6.45, 7) is 2.83. The van der Waals surface area contributed by atoms with E-state index in [0.29, 0.717) is 11.5 Å². The van der Waals surface area contributed by atoms with Crippen LogP contribution in [0.15, 0.2) is 24.3 Å². The molecule has 0 spiro atoms. The van der Waals surface area contributed by atoms with Crippen molar-refractivity contribution < 1.29 is 14.5 Å². The number of nitro benzene ring substituents is 1. The van der Waals surface area contributed by atoms with Crippen LogP contribution in [-0.2, 0) is 4.79 Å². The molecule has 0 aromatic heterocycles. The minimum Gasteiger partial charge on any atom is -0.352 e. The molecule has 2 amide bonds. The molecule has 1 saturated heterocycles. The zero-order chi connectivity index (χ0) is 18.9. The molecule has 1 aromatic carbocycles. The molecule has 8 heteroatoms. The van der Waals surface area contributed by atoms with Gasteiger partial charge < -0.3 is 15.5 Å². The van der Waals surface area contributed by atoms with Gasteiger partial charge in [-0.25, -0.2) is 0 Å². The Bertz CT molecular complexity index is 625. The highest BCUT2D eigenvalue weighted by Crippen LogP contribution is 2.20. The topological polar surface area (TPSA) is 105 Å². The first kappa shape index (κ1) is 19.8. The van der Waals surface area contributed by atoms with E-state index in [2.05, 4.69) is 10.6 Å². The highest BCUT2D eigenvalue weighted by atomic mass is 16.6. The van der Waals surface area contributed by atoms with E-state index in [-0.39, 0.29) is 30.5 Å². The van der Waals surface area contributed by atoms with E-state index in [1.54, 1.807) is 0 Å². The highest BCUT2D eigenvalue weighted by Gasteiger charge is 2.22. The van der Waals surface area contributed by atoms with Crippen LogP contribution in [-0.4, -0.2) is 54.9 Å². The summed E-state index contributed by atoms with van der Waals surface area (Å²) in [5.74, 6) is 0.396. The third-order valence-electron chi connectivity index (χ3n) is 4.73. The zero-order valence-corrected chi connectivity index (χ0v) is 15.1. The summed E-state index contributed by atoms with van der Waals surface area (Å²) in [4.78, 5) is 36.2. The lowest BCUT2D eigenvalue weighted by atomic mass is 9.93. The van der Waals surface area contributed by atoms with E-state index in [0.717, 1.165) is 38.9 Å². The smallest absolute Gasteiger partial charge is 0.269 e. The normalized spacial score (nSPS) is 14.9. The monoisotopic (exact) mass is 362 g/mol. The van der Waals surface area contributed by atoms with Crippen LogP contribution in [0.3, 0.4) is 0 Å². The summed E-state index contributed by atoms with van der Waals surface area (Å²) < 4.78 is 0. The van der Waals surface area contributed by atoms with Crippen LogP contribution in [0.5, 0.6) is 0 Å². The second-order valence-corrected chi connectivity index (χ2v) is 6.53. The van der Waals surface area contributed by atoms with E-state index in [1.807, 2.05) is 11.9 Å². The van der Waals surface area contributed by atoms with Crippen molar-refractivity contribution in [3.8, 4) is 0 Å². The summed E-state index contributed by atoms with van der Waals surface area (Å²) in [6.07, 6.45) is 3.47. The predicted octanol–water partition coefficient (Wildman–Crippen LogP) is 1.56. The third kappa shape index (κ3) is 5.80. The van der Waals surface area contributed by atoms with Gasteiger partial charge in [0.15, 0.2) is 0 Å². The average Bonchev–Trinajstić information content (AvgIpc) is 2.66. The molecule has 0 radical (unpaired) electrons. The molecule has 2 rings (SSSR count). The molecule has 1 heterocycles. The Morgan fingerprint density at radius 3 is 2.42 bits per heavy atom. The quantitative estimate of drug-likeness (QED) is 0.539. The molecule has 0 atom stereocenters. The minimum absolute atomic E-state index is 0.0565. The Labute approximate surface area is 153 Å². The van der Waals surface area contributed by atoms with E-state index >= 15 is 0 Å². The first-order valence-corrected chi connectivity index (χ1v) is 8.96. The second-order valence-electron chi connectivity index (χ2n) is 6.53. The van der Waals surface area contributed by atoms with Crippen LogP contribution in [0, 0.1) is 16.0 Å². The summed E-state index contributed by atoms with van der Waals surface area (Å²) in [5, 5.41) is 16.5. The Hall–Kier alpha value is -2.48. The second kappa shape index (κ2) is 9.86. The van der Waals surface area contributed by atoms with Gasteiger partial charge in [0, 0.05) is 43.8 Å². The Kier molecular flexibility index (Phi) is 7.53. The van der Waals surface area contributed by atoms with Gasteiger partial charge in [0.05, 0.1) is 4.92 Å². The highest BCUT2D eigenvalue weighted by molar-refractivity contribution is 5.94. The number of hydrogen-bond donors (Lipinski definition) is 2. The van der Waals surface area contributed by atoms with E-state index in [9.17, 15) is 19.7 Å². The number of hydrogen-bond acceptors (Lipinski definition) is 5. The molecule has 26 heavy (non-hydrogen) atoms. The van der Waals surface area contributed by atoms with E-state index in [1.165, 1.54) is 24.3 Å². The van der Waals surface area contributed by atoms with E-state index < -0.39 is 4.92 Å². The Morgan fingerprint density at radius 1 is 1.19 bits per heavy atom. The Balaban J connectivity index is 1.69. The third-order valence-corrected chi connectivity index (χ3v) is 4.73. The molecular formula is C18H26N4O4. The van der Waals surface area contributed by atoms with Gasteiger partial charge >= 0.3 is 0 Å². The summed E-state index contributed by atoms with van der Waals surface area (Å²) in [7, 11) is 1.95. The van der Waals surface area contributed by atoms with Gasteiger partial charge in [-0.05, 0) is 50.9 Å². The number of nitrogens with zero attached hydrogens (tertiary/aromatic N) is 2. The molecule has 8 nitrogen and oxygen atoms in total. The first-order chi connectivity index (χ1) is 12.5. The zero-order valence-electron chi connectivity index (χ0n) is 15.1. The van der Waals surface area contributed by atoms with Crippen LogP contribution in [0.2, 0.25) is 0 Å². The molecule has 142 valence electrons. The maximum atomic E-state index is 12.2. The molecule has 1 fully saturated rings. The van der Waals surface area contributed by atoms with Crippen molar-refractivity contribution >= 4 is 17.5 Å². The van der Waals surface area contributed by atoms with Gasteiger partial charge in [0.25, 0.3) is 11.6 Å². The Morgan fingerprint density at radius 2 is 1.85 bits per heavy atom. The predicted molar refractivity (Wildman–Crippen MR) is 97.9 cm³/mol. The van der Waals surface area contributed by atoms with Crippen molar-refractivity contribution in [3.05, 3.63) is 39.9 Å². The lowest BCUT2D eigenvalue weighted by Gasteiger charge is -2.32. The van der Waals surface area contributed by atoms with Crippen LogP contribution < -0.4 is 10.6 Å². The molecule has 2 N–H and O–H groups in total. The lowest BCUT2D eigenvalue weighted by Crippen LogP contribution is -2.40. The summed E-state index contributed by atoms with van der Waals surface area (Å²) >= 11 is 0. The van der Waals surface area contributed by atoms with Crippen molar-refractivity contribution in [1.82, 2.24) is 15.5 Å². The van der Waals surface area contributed by atoms with Crippen molar-refractivity contribution in [2.75, 3.05) is 33.2 Å². The maximum absolute atomic E-state index is 12.2. The number of non-ortho nitro benzene ring substituents is 1. The molecule has 0 aliphatic carbocycles.